The number of benzene rings is 2. The molecule has 0 aliphatic carbocycles. The van der Waals surface area contributed by atoms with E-state index >= 15 is 0 Å². The molecule has 0 atom stereocenters. The SMILES string of the molecule is O=C(CN1CCN(Cc2ccc3c(c2)CCO3)CC1)NCc1ccc(F)cc1. The van der Waals surface area contributed by atoms with Gasteiger partial charge in [-0.2, -0.15) is 0 Å². The van der Waals surface area contributed by atoms with E-state index in [2.05, 4.69) is 33.3 Å². The third-order valence-corrected chi connectivity index (χ3v) is 5.40. The van der Waals surface area contributed by atoms with Crippen LogP contribution in [0.5, 0.6) is 5.75 Å². The number of nitrogens with zero attached hydrogens (tertiary/aromatic N) is 2. The molecule has 2 heterocycles. The van der Waals surface area contributed by atoms with Crippen LogP contribution < -0.4 is 10.1 Å². The molecular formula is C22H26FN3O2. The molecule has 2 aromatic rings. The number of nitrogens with one attached hydrogen (secondary N) is 1. The Labute approximate surface area is 165 Å². The number of ether oxygens (including phenoxy) is 1. The lowest BCUT2D eigenvalue weighted by Crippen LogP contribution is -2.49. The molecule has 148 valence electrons. The summed E-state index contributed by atoms with van der Waals surface area (Å²) >= 11 is 0. The fraction of sp³-hybridized carbons (Fsp3) is 0.409. The van der Waals surface area contributed by atoms with Crippen molar-refractivity contribution in [3.63, 3.8) is 0 Å². The minimum atomic E-state index is -0.263. The highest BCUT2D eigenvalue weighted by atomic mass is 19.1. The number of carbonyl (C=O) groups excluding carboxylic acids is 1. The molecule has 1 saturated heterocycles. The number of halogens is 1. The van der Waals surface area contributed by atoms with Crippen molar-refractivity contribution >= 4 is 5.91 Å². The third kappa shape index (κ3) is 4.88. The van der Waals surface area contributed by atoms with Gasteiger partial charge in [0, 0.05) is 45.7 Å². The minimum Gasteiger partial charge on any atom is -0.493 e. The molecule has 2 aromatic carbocycles. The van der Waals surface area contributed by atoms with Gasteiger partial charge in [-0.15, -0.1) is 0 Å². The number of fused-ring (bicyclic) bond motifs is 1. The van der Waals surface area contributed by atoms with E-state index in [4.69, 9.17) is 4.74 Å². The molecule has 2 aliphatic heterocycles. The summed E-state index contributed by atoms with van der Waals surface area (Å²) in [5.41, 5.74) is 3.54. The molecule has 2 aliphatic rings. The van der Waals surface area contributed by atoms with Gasteiger partial charge in [0.1, 0.15) is 11.6 Å². The van der Waals surface area contributed by atoms with Gasteiger partial charge in [0.25, 0.3) is 0 Å². The quantitative estimate of drug-likeness (QED) is 0.831. The van der Waals surface area contributed by atoms with Crippen LogP contribution in [-0.4, -0.2) is 55.0 Å². The van der Waals surface area contributed by atoms with Crippen LogP contribution in [-0.2, 0) is 24.3 Å². The maximum absolute atomic E-state index is 12.9. The second kappa shape index (κ2) is 8.71. The molecule has 0 unspecified atom stereocenters. The van der Waals surface area contributed by atoms with Crippen molar-refractivity contribution in [2.45, 2.75) is 19.5 Å². The Morgan fingerprint density at radius 3 is 2.50 bits per heavy atom. The monoisotopic (exact) mass is 383 g/mol. The van der Waals surface area contributed by atoms with Crippen LogP contribution in [0.1, 0.15) is 16.7 Å². The smallest absolute Gasteiger partial charge is 0.234 e. The van der Waals surface area contributed by atoms with Gasteiger partial charge in [0.05, 0.1) is 13.2 Å². The molecule has 1 fully saturated rings. The Morgan fingerprint density at radius 2 is 1.71 bits per heavy atom. The Bertz CT molecular complexity index is 817. The number of hydrogen-bond donors (Lipinski definition) is 1. The van der Waals surface area contributed by atoms with Gasteiger partial charge in [0.2, 0.25) is 5.91 Å². The molecule has 5 nitrogen and oxygen atoms in total. The van der Waals surface area contributed by atoms with E-state index in [-0.39, 0.29) is 11.7 Å². The molecule has 1 amide bonds. The second-order valence-corrected chi connectivity index (χ2v) is 7.50. The molecule has 0 bridgehead atoms. The molecule has 0 aromatic heterocycles. The van der Waals surface area contributed by atoms with Crippen LogP contribution in [0.4, 0.5) is 4.39 Å². The highest BCUT2D eigenvalue weighted by Gasteiger charge is 2.20. The lowest BCUT2D eigenvalue weighted by molar-refractivity contribution is -0.122. The van der Waals surface area contributed by atoms with E-state index in [1.54, 1.807) is 12.1 Å². The van der Waals surface area contributed by atoms with Crippen LogP contribution in [0.25, 0.3) is 0 Å². The molecule has 0 saturated carbocycles. The normalized spacial score (nSPS) is 17.2. The van der Waals surface area contributed by atoms with Gasteiger partial charge in [-0.3, -0.25) is 14.6 Å². The van der Waals surface area contributed by atoms with E-state index in [0.717, 1.165) is 57.1 Å². The lowest BCUT2D eigenvalue weighted by Gasteiger charge is -2.34. The first-order valence-corrected chi connectivity index (χ1v) is 9.86. The number of carbonyl (C=O) groups is 1. The fourth-order valence-electron chi connectivity index (χ4n) is 3.76. The lowest BCUT2D eigenvalue weighted by atomic mass is 10.1. The highest BCUT2D eigenvalue weighted by Crippen LogP contribution is 2.26. The average molecular weight is 383 g/mol. The number of amides is 1. The van der Waals surface area contributed by atoms with Gasteiger partial charge < -0.3 is 10.1 Å². The standard InChI is InChI=1S/C22H26FN3O2/c23-20-4-1-17(2-5-20)14-24-22(27)16-26-10-8-25(9-11-26)15-18-3-6-21-19(13-18)7-12-28-21/h1-6,13H,7-12,14-16H2,(H,24,27). The summed E-state index contributed by atoms with van der Waals surface area (Å²) in [6.45, 7) is 6.26. The Hall–Kier alpha value is -2.44. The molecule has 1 N–H and O–H groups in total. The second-order valence-electron chi connectivity index (χ2n) is 7.50. The van der Waals surface area contributed by atoms with Gasteiger partial charge in [-0.1, -0.05) is 24.3 Å². The van der Waals surface area contributed by atoms with Gasteiger partial charge in [-0.25, -0.2) is 4.39 Å². The third-order valence-electron chi connectivity index (χ3n) is 5.40. The maximum Gasteiger partial charge on any atom is 0.234 e. The van der Waals surface area contributed by atoms with E-state index in [1.165, 1.54) is 23.3 Å². The predicted octanol–water partition coefficient (Wildman–Crippen LogP) is 2.19. The number of rotatable bonds is 6. The van der Waals surface area contributed by atoms with E-state index < -0.39 is 0 Å². The summed E-state index contributed by atoms with van der Waals surface area (Å²) in [6.07, 6.45) is 1.00. The van der Waals surface area contributed by atoms with Crippen molar-refractivity contribution in [2.75, 3.05) is 39.3 Å². The molecule has 28 heavy (non-hydrogen) atoms. The first-order valence-electron chi connectivity index (χ1n) is 9.86. The van der Waals surface area contributed by atoms with Crippen LogP contribution in [0.15, 0.2) is 42.5 Å². The molecule has 6 heteroatoms. The van der Waals surface area contributed by atoms with E-state index in [1.807, 2.05) is 0 Å². The Balaban J connectivity index is 1.18. The highest BCUT2D eigenvalue weighted by molar-refractivity contribution is 5.78. The van der Waals surface area contributed by atoms with Crippen LogP contribution in [0, 0.1) is 5.82 Å². The number of piperazine rings is 1. The summed E-state index contributed by atoms with van der Waals surface area (Å²) in [5.74, 6) is 0.776. The molecule has 0 radical (unpaired) electrons. The zero-order valence-corrected chi connectivity index (χ0v) is 16.0. The van der Waals surface area contributed by atoms with Crippen molar-refractivity contribution in [1.29, 1.82) is 0 Å². The summed E-state index contributed by atoms with van der Waals surface area (Å²) in [6, 6.07) is 12.7. The first-order chi connectivity index (χ1) is 13.7. The van der Waals surface area contributed by atoms with E-state index in [9.17, 15) is 9.18 Å². The summed E-state index contributed by atoms with van der Waals surface area (Å²) in [7, 11) is 0. The van der Waals surface area contributed by atoms with Crippen molar-refractivity contribution < 1.29 is 13.9 Å². The summed E-state index contributed by atoms with van der Waals surface area (Å²) in [4.78, 5) is 16.8. The van der Waals surface area contributed by atoms with Gasteiger partial charge >= 0.3 is 0 Å². The first kappa shape index (κ1) is 18.9. The molecular weight excluding hydrogens is 357 g/mol. The van der Waals surface area contributed by atoms with Crippen molar-refractivity contribution in [3.05, 3.63) is 65.0 Å². The van der Waals surface area contributed by atoms with Crippen molar-refractivity contribution in [2.24, 2.45) is 0 Å². The van der Waals surface area contributed by atoms with E-state index in [0.29, 0.717) is 13.1 Å². The summed E-state index contributed by atoms with van der Waals surface area (Å²) < 4.78 is 18.5. The zero-order valence-electron chi connectivity index (χ0n) is 16.0. The minimum absolute atomic E-state index is 0.0106. The van der Waals surface area contributed by atoms with Gasteiger partial charge in [0.15, 0.2) is 0 Å². The maximum atomic E-state index is 12.9. The van der Waals surface area contributed by atoms with Crippen LogP contribution >= 0.6 is 0 Å². The average Bonchev–Trinajstić information content (AvgIpc) is 3.17. The zero-order chi connectivity index (χ0) is 19.3. The van der Waals surface area contributed by atoms with Crippen molar-refractivity contribution in [1.82, 2.24) is 15.1 Å². The predicted molar refractivity (Wildman–Crippen MR) is 106 cm³/mol. The van der Waals surface area contributed by atoms with Crippen molar-refractivity contribution in [3.8, 4) is 5.75 Å². The van der Waals surface area contributed by atoms with Crippen LogP contribution in [0.2, 0.25) is 0 Å². The molecule has 0 spiro atoms. The van der Waals surface area contributed by atoms with Gasteiger partial charge in [-0.05, 0) is 34.9 Å². The Kier molecular flexibility index (Phi) is 5.88. The fourth-order valence-corrected chi connectivity index (χ4v) is 3.76. The topological polar surface area (TPSA) is 44.8 Å². The summed E-state index contributed by atoms with van der Waals surface area (Å²) in [5, 5.41) is 2.91. The molecule has 4 rings (SSSR count). The largest absolute Gasteiger partial charge is 0.493 e. The van der Waals surface area contributed by atoms with Crippen LogP contribution in [0.3, 0.4) is 0 Å². The Morgan fingerprint density at radius 1 is 1.00 bits per heavy atom. The number of hydrogen-bond acceptors (Lipinski definition) is 4.